The molecule has 1 aliphatic heterocycles. The van der Waals surface area contributed by atoms with E-state index in [4.69, 9.17) is 4.74 Å². The number of ether oxygens (including phenoxy) is 1. The van der Waals surface area contributed by atoms with Gasteiger partial charge in [0.15, 0.2) is 0 Å². The number of urea groups is 1. The Morgan fingerprint density at radius 1 is 1.50 bits per heavy atom. The minimum Gasteiger partial charge on any atom is -0.383 e. The minimum absolute atomic E-state index is 0.0357. The molecule has 1 aromatic carbocycles. The quantitative estimate of drug-likeness (QED) is 0.834. The summed E-state index contributed by atoms with van der Waals surface area (Å²) in [5, 5.41) is 2.87. The van der Waals surface area contributed by atoms with Crippen LogP contribution in [0.5, 0.6) is 0 Å². The van der Waals surface area contributed by atoms with Crippen LogP contribution in [-0.2, 0) is 4.74 Å². The summed E-state index contributed by atoms with van der Waals surface area (Å²) in [6, 6.07) is 8.09. The van der Waals surface area contributed by atoms with Crippen molar-refractivity contribution in [3.8, 4) is 0 Å². The van der Waals surface area contributed by atoms with Crippen molar-refractivity contribution in [2.75, 3.05) is 31.7 Å². The van der Waals surface area contributed by atoms with Gasteiger partial charge in [-0.05, 0) is 24.0 Å². The predicted molar refractivity (Wildman–Crippen MR) is 72.1 cm³/mol. The number of rotatable bonds is 3. The van der Waals surface area contributed by atoms with Crippen LogP contribution in [0.25, 0.3) is 0 Å². The molecule has 0 aliphatic carbocycles. The molecule has 0 bridgehead atoms. The molecule has 0 saturated heterocycles. The second-order valence-corrected chi connectivity index (χ2v) is 4.62. The van der Waals surface area contributed by atoms with Crippen LogP contribution >= 0.6 is 0 Å². The lowest BCUT2D eigenvalue weighted by molar-refractivity contribution is 0.197. The van der Waals surface area contributed by atoms with Crippen molar-refractivity contribution in [1.29, 1.82) is 0 Å². The fourth-order valence-corrected chi connectivity index (χ4v) is 2.32. The molecular formula is C14H20N2O2. The largest absolute Gasteiger partial charge is 0.383 e. The van der Waals surface area contributed by atoms with Crippen LogP contribution in [0.3, 0.4) is 0 Å². The summed E-state index contributed by atoms with van der Waals surface area (Å²) < 4.78 is 4.93. The number of fused-ring (bicyclic) bond motifs is 1. The Kier molecular flexibility index (Phi) is 4.20. The van der Waals surface area contributed by atoms with E-state index in [0.717, 1.165) is 18.7 Å². The molecule has 2 rings (SSSR count). The van der Waals surface area contributed by atoms with Gasteiger partial charge in [-0.3, -0.25) is 4.90 Å². The first kappa shape index (κ1) is 12.9. The van der Waals surface area contributed by atoms with Crippen molar-refractivity contribution >= 4 is 11.7 Å². The minimum atomic E-state index is -0.0357. The van der Waals surface area contributed by atoms with Crippen molar-refractivity contribution < 1.29 is 9.53 Å². The average molecular weight is 248 g/mol. The van der Waals surface area contributed by atoms with Gasteiger partial charge in [-0.25, -0.2) is 4.79 Å². The number of nitrogens with one attached hydrogen (secondary N) is 1. The summed E-state index contributed by atoms with van der Waals surface area (Å²) in [6.07, 6.45) is 1.01. The van der Waals surface area contributed by atoms with Gasteiger partial charge in [-0.15, -0.1) is 0 Å². The van der Waals surface area contributed by atoms with Crippen LogP contribution < -0.4 is 10.2 Å². The maximum atomic E-state index is 12.1. The molecule has 1 N–H and O–H groups in total. The molecule has 0 saturated carbocycles. The zero-order chi connectivity index (χ0) is 13.0. The van der Waals surface area contributed by atoms with E-state index < -0.39 is 0 Å². The molecule has 0 spiro atoms. The first-order valence-corrected chi connectivity index (χ1v) is 6.37. The van der Waals surface area contributed by atoms with E-state index in [1.165, 1.54) is 5.56 Å². The lowest BCUT2D eigenvalue weighted by atomic mass is 9.92. The number of benzene rings is 1. The summed E-state index contributed by atoms with van der Waals surface area (Å²) in [7, 11) is 1.63. The molecule has 0 unspecified atom stereocenters. The molecule has 0 fully saturated rings. The highest BCUT2D eigenvalue weighted by molar-refractivity contribution is 5.93. The van der Waals surface area contributed by atoms with Crippen LogP contribution in [0.1, 0.15) is 24.8 Å². The van der Waals surface area contributed by atoms with E-state index in [2.05, 4.69) is 18.3 Å². The number of nitrogens with zero attached hydrogens (tertiary/aromatic N) is 1. The average Bonchev–Trinajstić information content (AvgIpc) is 2.39. The van der Waals surface area contributed by atoms with E-state index in [1.54, 1.807) is 7.11 Å². The van der Waals surface area contributed by atoms with Crippen LogP contribution in [-0.4, -0.2) is 32.8 Å². The molecule has 1 aromatic rings. The van der Waals surface area contributed by atoms with Gasteiger partial charge < -0.3 is 10.1 Å². The van der Waals surface area contributed by atoms with Crippen LogP contribution in [0.2, 0.25) is 0 Å². The number of carbonyl (C=O) groups is 1. The molecule has 4 nitrogen and oxygen atoms in total. The molecule has 1 aliphatic rings. The van der Waals surface area contributed by atoms with Gasteiger partial charge in [0.05, 0.1) is 6.61 Å². The highest BCUT2D eigenvalue weighted by Gasteiger charge is 2.25. The Balaban J connectivity index is 2.11. The van der Waals surface area contributed by atoms with Gasteiger partial charge in [-0.2, -0.15) is 0 Å². The van der Waals surface area contributed by atoms with Gasteiger partial charge in [0.1, 0.15) is 0 Å². The summed E-state index contributed by atoms with van der Waals surface area (Å²) in [4.78, 5) is 13.9. The van der Waals surface area contributed by atoms with E-state index >= 15 is 0 Å². The second kappa shape index (κ2) is 5.87. The zero-order valence-corrected chi connectivity index (χ0v) is 11.0. The molecule has 1 atom stereocenters. The normalized spacial score (nSPS) is 18.3. The molecule has 0 radical (unpaired) electrons. The van der Waals surface area contributed by atoms with E-state index in [-0.39, 0.29) is 6.03 Å². The number of amides is 2. The third kappa shape index (κ3) is 2.64. The maximum absolute atomic E-state index is 12.1. The van der Waals surface area contributed by atoms with Crippen molar-refractivity contribution in [1.82, 2.24) is 5.32 Å². The van der Waals surface area contributed by atoms with Crippen molar-refractivity contribution in [3.05, 3.63) is 29.8 Å². The Labute approximate surface area is 108 Å². The lowest BCUT2D eigenvalue weighted by Gasteiger charge is -2.32. The van der Waals surface area contributed by atoms with Crippen LogP contribution in [0.15, 0.2) is 24.3 Å². The molecule has 0 aromatic heterocycles. The molecule has 4 heteroatoms. The predicted octanol–water partition coefficient (Wildman–Crippen LogP) is 2.36. The number of methoxy groups -OCH3 is 1. The third-order valence-corrected chi connectivity index (χ3v) is 3.37. The van der Waals surface area contributed by atoms with E-state index in [0.29, 0.717) is 19.1 Å². The summed E-state index contributed by atoms with van der Waals surface area (Å²) >= 11 is 0. The molecule has 1 heterocycles. The maximum Gasteiger partial charge on any atom is 0.321 e. The van der Waals surface area contributed by atoms with Gasteiger partial charge in [-0.1, -0.05) is 25.1 Å². The smallest absolute Gasteiger partial charge is 0.321 e. The standard InChI is InChI=1S/C14H20N2O2/c1-11-7-9-16(14(17)15-8-10-18-2)13-6-4-3-5-12(11)13/h3-6,11H,7-10H2,1-2H3,(H,15,17)/t11-/m0/s1. The SMILES string of the molecule is COCCNC(=O)N1CC[C@H](C)c2ccccc21. The van der Waals surface area contributed by atoms with Crippen molar-refractivity contribution in [2.24, 2.45) is 0 Å². The number of carbonyl (C=O) groups excluding carboxylic acids is 1. The fourth-order valence-electron chi connectivity index (χ4n) is 2.32. The van der Waals surface area contributed by atoms with Crippen molar-refractivity contribution in [3.63, 3.8) is 0 Å². The summed E-state index contributed by atoms with van der Waals surface area (Å²) in [5.41, 5.74) is 2.29. The Hall–Kier alpha value is -1.55. The highest BCUT2D eigenvalue weighted by Crippen LogP contribution is 2.34. The molecule has 2 amide bonds. The topological polar surface area (TPSA) is 41.6 Å². The summed E-state index contributed by atoms with van der Waals surface area (Å²) in [6.45, 7) is 4.07. The zero-order valence-electron chi connectivity index (χ0n) is 11.0. The molecular weight excluding hydrogens is 228 g/mol. The summed E-state index contributed by atoms with van der Waals surface area (Å²) in [5.74, 6) is 0.518. The number of para-hydroxylation sites is 1. The van der Waals surface area contributed by atoms with E-state index in [1.807, 2.05) is 23.1 Å². The Morgan fingerprint density at radius 3 is 3.06 bits per heavy atom. The van der Waals surface area contributed by atoms with Gasteiger partial charge >= 0.3 is 6.03 Å². The monoisotopic (exact) mass is 248 g/mol. The fraction of sp³-hybridized carbons (Fsp3) is 0.500. The van der Waals surface area contributed by atoms with E-state index in [9.17, 15) is 4.79 Å². The number of anilines is 1. The van der Waals surface area contributed by atoms with Gasteiger partial charge in [0.2, 0.25) is 0 Å². The number of hydrogen-bond acceptors (Lipinski definition) is 2. The highest BCUT2D eigenvalue weighted by atomic mass is 16.5. The van der Waals surface area contributed by atoms with Crippen LogP contribution in [0, 0.1) is 0 Å². The molecule has 18 heavy (non-hydrogen) atoms. The Bertz CT molecular complexity index is 420. The number of hydrogen-bond donors (Lipinski definition) is 1. The van der Waals surface area contributed by atoms with Crippen molar-refractivity contribution in [2.45, 2.75) is 19.3 Å². The second-order valence-electron chi connectivity index (χ2n) is 4.62. The van der Waals surface area contributed by atoms with Gasteiger partial charge in [0, 0.05) is 25.9 Å². The first-order valence-electron chi connectivity index (χ1n) is 6.37. The Morgan fingerprint density at radius 2 is 2.28 bits per heavy atom. The van der Waals surface area contributed by atoms with Gasteiger partial charge in [0.25, 0.3) is 0 Å². The first-order chi connectivity index (χ1) is 8.74. The molecule has 98 valence electrons. The third-order valence-electron chi connectivity index (χ3n) is 3.37. The lowest BCUT2D eigenvalue weighted by Crippen LogP contribution is -2.44. The van der Waals surface area contributed by atoms with Crippen LogP contribution in [0.4, 0.5) is 10.5 Å².